The van der Waals surface area contributed by atoms with Crippen LogP contribution in [-0.2, 0) is 6.61 Å². The summed E-state index contributed by atoms with van der Waals surface area (Å²) in [6.45, 7) is 4.51. The molecule has 3 rings (SSSR count). The Labute approximate surface area is 113 Å². The summed E-state index contributed by atoms with van der Waals surface area (Å²) in [5.41, 5.74) is 1.95. The molecule has 0 atom stereocenters. The van der Waals surface area contributed by atoms with E-state index >= 15 is 0 Å². The molecule has 1 aromatic heterocycles. The molecule has 2 aromatic rings. The third-order valence-electron chi connectivity index (χ3n) is 4.07. The fourth-order valence-corrected chi connectivity index (χ4v) is 2.76. The molecule has 0 radical (unpaired) electrons. The lowest BCUT2D eigenvalue weighted by Gasteiger charge is -2.31. The molecule has 100 valence electrons. The number of nitrogens with zero attached hydrogens (tertiary/aromatic N) is 2. The van der Waals surface area contributed by atoms with Gasteiger partial charge in [-0.1, -0.05) is 25.1 Å². The van der Waals surface area contributed by atoms with E-state index in [1.54, 1.807) is 0 Å². The SMILES string of the molecule is CC1CCN(c2cc(CO)c3ccccc3n2)CC1. The Morgan fingerprint density at radius 2 is 2.00 bits per heavy atom. The standard InChI is InChI=1S/C16H20N2O/c1-12-6-8-18(9-7-12)16-10-13(11-19)14-4-2-3-5-15(14)17-16/h2-5,10,12,19H,6-9,11H2,1H3. The first-order chi connectivity index (χ1) is 9.28. The van der Waals surface area contributed by atoms with Gasteiger partial charge >= 0.3 is 0 Å². The maximum absolute atomic E-state index is 9.55. The normalized spacial score (nSPS) is 17.1. The number of para-hydroxylation sites is 1. The van der Waals surface area contributed by atoms with Gasteiger partial charge in [-0.25, -0.2) is 4.98 Å². The molecule has 19 heavy (non-hydrogen) atoms. The van der Waals surface area contributed by atoms with Crippen molar-refractivity contribution in [3.63, 3.8) is 0 Å². The summed E-state index contributed by atoms with van der Waals surface area (Å²) in [4.78, 5) is 7.09. The molecule has 1 saturated heterocycles. The zero-order chi connectivity index (χ0) is 13.2. The van der Waals surface area contributed by atoms with Gasteiger partial charge in [0.15, 0.2) is 0 Å². The van der Waals surface area contributed by atoms with Gasteiger partial charge in [-0.3, -0.25) is 0 Å². The fraction of sp³-hybridized carbons (Fsp3) is 0.438. The summed E-state index contributed by atoms with van der Waals surface area (Å²) in [5.74, 6) is 1.82. The van der Waals surface area contributed by atoms with Crippen molar-refractivity contribution in [2.75, 3.05) is 18.0 Å². The van der Waals surface area contributed by atoms with Crippen LogP contribution in [-0.4, -0.2) is 23.2 Å². The molecule has 1 aliphatic rings. The number of benzene rings is 1. The molecule has 0 saturated carbocycles. The molecular weight excluding hydrogens is 236 g/mol. The minimum atomic E-state index is 0.0697. The van der Waals surface area contributed by atoms with E-state index in [9.17, 15) is 5.11 Å². The number of aliphatic hydroxyl groups excluding tert-OH is 1. The zero-order valence-electron chi connectivity index (χ0n) is 11.3. The van der Waals surface area contributed by atoms with Gasteiger partial charge < -0.3 is 10.0 Å². The van der Waals surface area contributed by atoms with Crippen LogP contribution < -0.4 is 4.90 Å². The minimum Gasteiger partial charge on any atom is -0.392 e. The lowest BCUT2D eigenvalue weighted by molar-refractivity contribution is 0.283. The van der Waals surface area contributed by atoms with Crippen molar-refractivity contribution in [1.29, 1.82) is 0 Å². The van der Waals surface area contributed by atoms with Crippen LogP contribution in [0.5, 0.6) is 0 Å². The summed E-state index contributed by atoms with van der Waals surface area (Å²) in [5, 5.41) is 10.6. The van der Waals surface area contributed by atoms with Gasteiger partial charge in [-0.05, 0) is 36.5 Å². The largest absolute Gasteiger partial charge is 0.392 e. The average Bonchev–Trinajstić information content (AvgIpc) is 2.47. The highest BCUT2D eigenvalue weighted by molar-refractivity contribution is 5.84. The predicted octanol–water partition coefficient (Wildman–Crippen LogP) is 2.96. The first-order valence-corrected chi connectivity index (χ1v) is 7.02. The lowest BCUT2D eigenvalue weighted by Crippen LogP contribution is -2.33. The maximum atomic E-state index is 9.55. The second-order valence-electron chi connectivity index (χ2n) is 5.48. The van der Waals surface area contributed by atoms with Gasteiger partial charge in [0.1, 0.15) is 5.82 Å². The van der Waals surface area contributed by atoms with E-state index < -0.39 is 0 Å². The third kappa shape index (κ3) is 2.43. The predicted molar refractivity (Wildman–Crippen MR) is 78.3 cm³/mol. The van der Waals surface area contributed by atoms with Gasteiger partial charge in [0.25, 0.3) is 0 Å². The molecule has 1 fully saturated rings. The molecule has 2 heterocycles. The van der Waals surface area contributed by atoms with Crippen molar-refractivity contribution < 1.29 is 5.11 Å². The van der Waals surface area contributed by atoms with E-state index in [1.165, 1.54) is 12.8 Å². The van der Waals surface area contributed by atoms with Crippen molar-refractivity contribution in [3.8, 4) is 0 Å². The highest BCUT2D eigenvalue weighted by atomic mass is 16.3. The van der Waals surface area contributed by atoms with E-state index in [0.717, 1.165) is 41.3 Å². The number of fused-ring (bicyclic) bond motifs is 1. The summed E-state index contributed by atoms with van der Waals surface area (Å²) >= 11 is 0. The molecule has 0 unspecified atom stereocenters. The van der Waals surface area contributed by atoms with Crippen LogP contribution in [0.1, 0.15) is 25.3 Å². The van der Waals surface area contributed by atoms with E-state index in [0.29, 0.717) is 0 Å². The average molecular weight is 256 g/mol. The molecule has 1 aromatic carbocycles. The molecule has 0 spiro atoms. The van der Waals surface area contributed by atoms with Crippen molar-refractivity contribution in [3.05, 3.63) is 35.9 Å². The number of pyridine rings is 1. The van der Waals surface area contributed by atoms with Crippen molar-refractivity contribution in [2.45, 2.75) is 26.4 Å². The van der Waals surface area contributed by atoms with E-state index in [1.807, 2.05) is 30.3 Å². The topological polar surface area (TPSA) is 36.4 Å². The highest BCUT2D eigenvalue weighted by Gasteiger charge is 2.18. The van der Waals surface area contributed by atoms with Crippen LogP contribution in [0.3, 0.4) is 0 Å². The smallest absolute Gasteiger partial charge is 0.129 e. The molecule has 3 nitrogen and oxygen atoms in total. The van der Waals surface area contributed by atoms with Crippen LogP contribution in [0, 0.1) is 5.92 Å². The molecule has 0 aliphatic carbocycles. The Hall–Kier alpha value is -1.61. The number of aliphatic hydroxyl groups is 1. The Balaban J connectivity index is 2.00. The fourth-order valence-electron chi connectivity index (χ4n) is 2.76. The number of aromatic nitrogens is 1. The Kier molecular flexibility index (Phi) is 3.38. The van der Waals surface area contributed by atoms with Crippen LogP contribution in [0.2, 0.25) is 0 Å². The van der Waals surface area contributed by atoms with Crippen LogP contribution in [0.4, 0.5) is 5.82 Å². The Morgan fingerprint density at radius 1 is 1.26 bits per heavy atom. The first-order valence-electron chi connectivity index (χ1n) is 7.02. The van der Waals surface area contributed by atoms with Crippen LogP contribution in [0.15, 0.2) is 30.3 Å². The molecule has 0 amide bonds. The van der Waals surface area contributed by atoms with Gasteiger partial charge in [0.05, 0.1) is 12.1 Å². The quantitative estimate of drug-likeness (QED) is 0.897. The van der Waals surface area contributed by atoms with Gasteiger partial charge in [0.2, 0.25) is 0 Å². The molecular formula is C16H20N2O. The number of anilines is 1. The highest BCUT2D eigenvalue weighted by Crippen LogP contribution is 2.26. The Bertz CT molecular complexity index is 574. The van der Waals surface area contributed by atoms with Crippen molar-refractivity contribution in [2.24, 2.45) is 5.92 Å². The van der Waals surface area contributed by atoms with Gasteiger partial charge in [-0.15, -0.1) is 0 Å². The Morgan fingerprint density at radius 3 is 2.74 bits per heavy atom. The summed E-state index contributed by atoms with van der Waals surface area (Å²) in [6, 6.07) is 10.1. The number of rotatable bonds is 2. The second-order valence-corrected chi connectivity index (χ2v) is 5.48. The van der Waals surface area contributed by atoms with Crippen LogP contribution >= 0.6 is 0 Å². The van der Waals surface area contributed by atoms with Crippen molar-refractivity contribution in [1.82, 2.24) is 4.98 Å². The summed E-state index contributed by atoms with van der Waals surface area (Å²) in [7, 11) is 0. The molecule has 1 N–H and O–H groups in total. The van der Waals surface area contributed by atoms with E-state index in [4.69, 9.17) is 4.98 Å². The van der Waals surface area contributed by atoms with E-state index in [2.05, 4.69) is 11.8 Å². The van der Waals surface area contributed by atoms with Gasteiger partial charge in [-0.2, -0.15) is 0 Å². The number of hydrogen-bond donors (Lipinski definition) is 1. The summed E-state index contributed by atoms with van der Waals surface area (Å²) in [6.07, 6.45) is 2.45. The first kappa shape index (κ1) is 12.4. The number of hydrogen-bond acceptors (Lipinski definition) is 3. The molecule has 3 heteroatoms. The third-order valence-corrected chi connectivity index (χ3v) is 4.07. The van der Waals surface area contributed by atoms with Crippen LogP contribution in [0.25, 0.3) is 10.9 Å². The summed E-state index contributed by atoms with van der Waals surface area (Å²) < 4.78 is 0. The van der Waals surface area contributed by atoms with Gasteiger partial charge in [0, 0.05) is 18.5 Å². The minimum absolute atomic E-state index is 0.0697. The monoisotopic (exact) mass is 256 g/mol. The molecule has 1 aliphatic heterocycles. The maximum Gasteiger partial charge on any atom is 0.129 e. The van der Waals surface area contributed by atoms with E-state index in [-0.39, 0.29) is 6.61 Å². The number of piperidine rings is 1. The second kappa shape index (κ2) is 5.17. The lowest BCUT2D eigenvalue weighted by atomic mass is 9.99. The molecule has 0 bridgehead atoms. The zero-order valence-corrected chi connectivity index (χ0v) is 11.3. The van der Waals surface area contributed by atoms with Crippen molar-refractivity contribution >= 4 is 16.7 Å².